The minimum Gasteiger partial charge on any atom is -0.324 e. The van der Waals surface area contributed by atoms with Crippen LogP contribution in [0, 0.1) is 5.82 Å². The summed E-state index contributed by atoms with van der Waals surface area (Å²) in [7, 11) is 0. The average Bonchev–Trinajstić information content (AvgIpc) is 2.28. The molecule has 0 radical (unpaired) electrons. The Kier molecular flexibility index (Phi) is 4.38. The van der Waals surface area contributed by atoms with Gasteiger partial charge in [-0.2, -0.15) is 0 Å². The fourth-order valence-electron chi connectivity index (χ4n) is 1.83. The van der Waals surface area contributed by atoms with Crippen molar-refractivity contribution in [2.75, 3.05) is 0 Å². The predicted octanol–water partition coefficient (Wildman–Crippen LogP) is 4.48. The Balaban J connectivity index is 2.19. The fraction of sp³-hybridized carbons (Fsp3) is 0.143. The van der Waals surface area contributed by atoms with Gasteiger partial charge in [-0.3, -0.25) is 0 Å². The highest BCUT2D eigenvalue weighted by atomic mass is 79.9. The molecule has 18 heavy (non-hydrogen) atoms. The van der Waals surface area contributed by atoms with Crippen LogP contribution >= 0.6 is 27.5 Å². The number of rotatable bonds is 3. The molecule has 0 bridgehead atoms. The molecule has 0 aromatic heterocycles. The van der Waals surface area contributed by atoms with E-state index in [0.717, 1.165) is 10.0 Å². The summed E-state index contributed by atoms with van der Waals surface area (Å²) in [5.74, 6) is -0.356. The van der Waals surface area contributed by atoms with Gasteiger partial charge in [0, 0.05) is 21.1 Å². The molecule has 4 heteroatoms. The van der Waals surface area contributed by atoms with Crippen LogP contribution in [0.1, 0.15) is 17.2 Å². The maximum Gasteiger partial charge on any atom is 0.129 e. The topological polar surface area (TPSA) is 26.0 Å². The van der Waals surface area contributed by atoms with Gasteiger partial charge in [-0.05, 0) is 36.2 Å². The van der Waals surface area contributed by atoms with Gasteiger partial charge >= 0.3 is 0 Å². The van der Waals surface area contributed by atoms with Gasteiger partial charge in [0.15, 0.2) is 0 Å². The molecule has 1 unspecified atom stereocenters. The first-order valence-electron chi connectivity index (χ1n) is 5.51. The third-order valence-electron chi connectivity index (χ3n) is 2.71. The summed E-state index contributed by atoms with van der Waals surface area (Å²) >= 11 is 9.12. The van der Waals surface area contributed by atoms with Gasteiger partial charge in [-0.25, -0.2) is 4.39 Å². The summed E-state index contributed by atoms with van der Waals surface area (Å²) in [6.07, 6.45) is 0.581. The van der Waals surface area contributed by atoms with Gasteiger partial charge in [-0.1, -0.05) is 45.7 Å². The van der Waals surface area contributed by atoms with Crippen LogP contribution in [-0.4, -0.2) is 0 Å². The third-order valence-corrected chi connectivity index (χ3v) is 3.43. The number of benzene rings is 2. The standard InChI is InChI=1S/C14H12BrClFN/c15-10-3-1-2-9(6-10)7-14(18)12-5-4-11(16)8-13(12)17/h1-6,8,14H,7,18H2. The van der Waals surface area contributed by atoms with Crippen molar-refractivity contribution in [3.05, 3.63) is 68.9 Å². The fourth-order valence-corrected chi connectivity index (χ4v) is 2.44. The van der Waals surface area contributed by atoms with Crippen LogP contribution in [0.4, 0.5) is 4.39 Å². The first-order chi connectivity index (χ1) is 8.56. The molecule has 0 saturated heterocycles. The molecular formula is C14H12BrClFN. The highest BCUT2D eigenvalue weighted by molar-refractivity contribution is 9.10. The summed E-state index contributed by atoms with van der Waals surface area (Å²) in [5, 5.41) is 0.380. The van der Waals surface area contributed by atoms with Crippen LogP contribution in [0.15, 0.2) is 46.9 Å². The minimum absolute atomic E-state index is 0.356. The van der Waals surface area contributed by atoms with Crippen LogP contribution in [0.25, 0.3) is 0 Å². The first kappa shape index (κ1) is 13.5. The van der Waals surface area contributed by atoms with Crippen molar-refractivity contribution in [1.29, 1.82) is 0 Å². The molecule has 0 spiro atoms. The minimum atomic E-state index is -0.378. The Labute approximate surface area is 119 Å². The third kappa shape index (κ3) is 3.31. The number of hydrogen-bond acceptors (Lipinski definition) is 1. The molecule has 1 nitrogen and oxygen atoms in total. The van der Waals surface area contributed by atoms with Crippen LogP contribution in [-0.2, 0) is 6.42 Å². The van der Waals surface area contributed by atoms with Gasteiger partial charge in [0.05, 0.1) is 0 Å². The van der Waals surface area contributed by atoms with Crippen LogP contribution in [0.3, 0.4) is 0 Å². The summed E-state index contributed by atoms with van der Waals surface area (Å²) in [6.45, 7) is 0. The van der Waals surface area contributed by atoms with Crippen molar-refractivity contribution in [2.24, 2.45) is 5.73 Å². The van der Waals surface area contributed by atoms with E-state index in [1.807, 2.05) is 24.3 Å². The Morgan fingerprint density at radius 2 is 2.00 bits per heavy atom. The normalized spacial score (nSPS) is 12.4. The molecule has 0 heterocycles. The summed E-state index contributed by atoms with van der Waals surface area (Å²) in [4.78, 5) is 0. The Bertz CT molecular complexity index is 559. The Morgan fingerprint density at radius 3 is 2.67 bits per heavy atom. The predicted molar refractivity (Wildman–Crippen MR) is 76.2 cm³/mol. The van der Waals surface area contributed by atoms with E-state index in [2.05, 4.69) is 15.9 Å². The summed E-state index contributed by atoms with van der Waals surface area (Å²) in [6, 6.07) is 12.0. The molecule has 0 aliphatic rings. The molecule has 0 aliphatic carbocycles. The zero-order valence-corrected chi connectivity index (χ0v) is 11.9. The maximum atomic E-state index is 13.7. The highest BCUT2D eigenvalue weighted by Gasteiger charge is 2.12. The lowest BCUT2D eigenvalue weighted by Gasteiger charge is -2.13. The highest BCUT2D eigenvalue weighted by Crippen LogP contribution is 2.23. The van der Waals surface area contributed by atoms with E-state index in [1.54, 1.807) is 12.1 Å². The van der Waals surface area contributed by atoms with Crippen molar-refractivity contribution >= 4 is 27.5 Å². The quantitative estimate of drug-likeness (QED) is 0.883. The van der Waals surface area contributed by atoms with E-state index in [-0.39, 0.29) is 11.9 Å². The lowest BCUT2D eigenvalue weighted by molar-refractivity contribution is 0.580. The smallest absolute Gasteiger partial charge is 0.129 e. The lowest BCUT2D eigenvalue weighted by atomic mass is 9.99. The van der Waals surface area contributed by atoms with Crippen molar-refractivity contribution in [2.45, 2.75) is 12.5 Å². The number of hydrogen-bond donors (Lipinski definition) is 1. The van der Waals surface area contributed by atoms with Gasteiger partial charge in [-0.15, -0.1) is 0 Å². The lowest BCUT2D eigenvalue weighted by Crippen LogP contribution is -2.15. The Morgan fingerprint density at radius 1 is 1.22 bits per heavy atom. The van der Waals surface area contributed by atoms with E-state index < -0.39 is 0 Å². The molecule has 94 valence electrons. The van der Waals surface area contributed by atoms with Crippen LogP contribution in [0.5, 0.6) is 0 Å². The zero-order chi connectivity index (χ0) is 13.1. The van der Waals surface area contributed by atoms with Gasteiger partial charge in [0.1, 0.15) is 5.82 Å². The molecule has 2 aromatic rings. The molecule has 0 aliphatic heterocycles. The largest absolute Gasteiger partial charge is 0.324 e. The van der Waals surface area contributed by atoms with Crippen molar-refractivity contribution < 1.29 is 4.39 Å². The van der Waals surface area contributed by atoms with Gasteiger partial charge in [0.25, 0.3) is 0 Å². The van der Waals surface area contributed by atoms with E-state index in [9.17, 15) is 4.39 Å². The van der Waals surface area contributed by atoms with Crippen molar-refractivity contribution in [3.63, 3.8) is 0 Å². The van der Waals surface area contributed by atoms with E-state index in [1.165, 1.54) is 6.07 Å². The Hall–Kier alpha value is -0.900. The molecule has 1 atom stereocenters. The second-order valence-corrected chi connectivity index (χ2v) is 5.46. The molecule has 0 amide bonds. The zero-order valence-electron chi connectivity index (χ0n) is 9.54. The van der Waals surface area contributed by atoms with Gasteiger partial charge < -0.3 is 5.73 Å². The average molecular weight is 329 g/mol. The van der Waals surface area contributed by atoms with Crippen molar-refractivity contribution in [3.8, 4) is 0 Å². The summed E-state index contributed by atoms with van der Waals surface area (Å²) in [5.41, 5.74) is 7.58. The SMILES string of the molecule is NC(Cc1cccc(Br)c1)c1ccc(Cl)cc1F. The second kappa shape index (κ2) is 5.83. The molecular weight excluding hydrogens is 317 g/mol. The van der Waals surface area contributed by atoms with E-state index >= 15 is 0 Å². The number of halogens is 3. The molecule has 0 fully saturated rings. The molecule has 2 aromatic carbocycles. The van der Waals surface area contributed by atoms with Crippen LogP contribution in [0.2, 0.25) is 5.02 Å². The van der Waals surface area contributed by atoms with E-state index in [0.29, 0.717) is 17.0 Å². The van der Waals surface area contributed by atoms with Gasteiger partial charge in [0.2, 0.25) is 0 Å². The molecule has 0 saturated carbocycles. The van der Waals surface area contributed by atoms with E-state index in [4.69, 9.17) is 17.3 Å². The monoisotopic (exact) mass is 327 g/mol. The van der Waals surface area contributed by atoms with Crippen LogP contribution < -0.4 is 5.73 Å². The summed E-state index contributed by atoms with van der Waals surface area (Å²) < 4.78 is 14.7. The second-order valence-electron chi connectivity index (χ2n) is 4.11. The molecule has 2 rings (SSSR count). The molecule has 2 N–H and O–H groups in total. The van der Waals surface area contributed by atoms with Crippen molar-refractivity contribution in [1.82, 2.24) is 0 Å². The number of nitrogens with two attached hydrogens (primary N) is 1. The maximum absolute atomic E-state index is 13.7. The first-order valence-corrected chi connectivity index (χ1v) is 6.68.